The van der Waals surface area contributed by atoms with Crippen molar-refractivity contribution in [1.82, 2.24) is 0 Å². The minimum atomic E-state index is -0.0820. The summed E-state index contributed by atoms with van der Waals surface area (Å²) in [6, 6.07) is 0. The number of esters is 2. The van der Waals surface area contributed by atoms with E-state index in [1.165, 1.54) is 38.5 Å². The van der Waals surface area contributed by atoms with E-state index in [4.69, 9.17) is 9.47 Å². The maximum absolute atomic E-state index is 12.2. The molecule has 0 heterocycles. The number of hydrogen-bond donors (Lipinski definition) is 0. The smallest absolute Gasteiger partial charge is 0.308 e. The fraction of sp³-hybridized carbons (Fsp3) is 0.913. The van der Waals surface area contributed by atoms with Crippen molar-refractivity contribution in [3.63, 3.8) is 0 Å². The number of ether oxygens (including phenoxy) is 2. The summed E-state index contributed by atoms with van der Waals surface area (Å²) in [5.41, 5.74) is 0. The minimum Gasteiger partial charge on any atom is -0.465 e. The second-order valence-electron chi connectivity index (χ2n) is 8.54. The minimum absolute atomic E-state index is 0.0289. The molecule has 0 aliphatic heterocycles. The number of carbonyl (C=O) groups excluding carboxylic acids is 2. The van der Waals surface area contributed by atoms with Crippen molar-refractivity contribution in [3.05, 3.63) is 0 Å². The van der Waals surface area contributed by atoms with Gasteiger partial charge in [0.15, 0.2) is 0 Å². The SMILES string of the molecule is CCCCCCCCCCOC(=O)C1CCC(C(=O)OCCC(C)C)CC1. The molecule has 0 saturated heterocycles. The van der Waals surface area contributed by atoms with Gasteiger partial charge in [-0.15, -0.1) is 0 Å². The first-order valence-corrected chi connectivity index (χ1v) is 11.4. The van der Waals surface area contributed by atoms with Crippen LogP contribution in [0.1, 0.15) is 104 Å². The average molecular weight is 383 g/mol. The van der Waals surface area contributed by atoms with Crippen LogP contribution < -0.4 is 0 Å². The van der Waals surface area contributed by atoms with Crippen molar-refractivity contribution in [1.29, 1.82) is 0 Å². The highest BCUT2D eigenvalue weighted by molar-refractivity contribution is 5.75. The average Bonchev–Trinajstić information content (AvgIpc) is 2.66. The fourth-order valence-corrected chi connectivity index (χ4v) is 3.60. The molecule has 0 aromatic rings. The Hall–Kier alpha value is -1.06. The van der Waals surface area contributed by atoms with Crippen LogP contribution in [-0.2, 0) is 19.1 Å². The summed E-state index contributed by atoms with van der Waals surface area (Å²) in [5, 5.41) is 0. The molecule has 1 aliphatic rings. The summed E-state index contributed by atoms with van der Waals surface area (Å²) in [5.74, 6) is 0.336. The largest absolute Gasteiger partial charge is 0.465 e. The zero-order chi connectivity index (χ0) is 19.9. The molecule has 0 unspecified atom stereocenters. The van der Waals surface area contributed by atoms with Crippen LogP contribution in [0.5, 0.6) is 0 Å². The topological polar surface area (TPSA) is 52.6 Å². The molecule has 0 aromatic heterocycles. The Morgan fingerprint density at radius 2 is 1.19 bits per heavy atom. The first-order chi connectivity index (χ1) is 13.0. The molecule has 0 spiro atoms. The lowest BCUT2D eigenvalue weighted by molar-refractivity contribution is -0.155. The third-order valence-electron chi connectivity index (χ3n) is 5.58. The van der Waals surface area contributed by atoms with Crippen LogP contribution in [0, 0.1) is 17.8 Å². The molecule has 0 bridgehead atoms. The Balaban J connectivity index is 2.04. The molecule has 0 atom stereocenters. The van der Waals surface area contributed by atoms with E-state index < -0.39 is 0 Å². The zero-order valence-corrected chi connectivity index (χ0v) is 18.0. The molecule has 1 rings (SSSR count). The third kappa shape index (κ3) is 11.4. The van der Waals surface area contributed by atoms with Crippen molar-refractivity contribution in [2.24, 2.45) is 17.8 Å². The Morgan fingerprint density at radius 1 is 0.741 bits per heavy atom. The summed E-state index contributed by atoms with van der Waals surface area (Å²) < 4.78 is 10.8. The predicted octanol–water partition coefficient (Wildman–Crippen LogP) is 6.07. The van der Waals surface area contributed by atoms with E-state index in [2.05, 4.69) is 20.8 Å². The summed E-state index contributed by atoms with van der Waals surface area (Å²) in [6.07, 6.45) is 13.9. The highest BCUT2D eigenvalue weighted by Crippen LogP contribution is 2.30. The highest BCUT2D eigenvalue weighted by Gasteiger charge is 2.31. The molecule has 4 heteroatoms. The Morgan fingerprint density at radius 3 is 1.67 bits per heavy atom. The van der Waals surface area contributed by atoms with Gasteiger partial charge in [-0.3, -0.25) is 9.59 Å². The fourth-order valence-electron chi connectivity index (χ4n) is 3.60. The van der Waals surface area contributed by atoms with Gasteiger partial charge in [0, 0.05) is 0 Å². The lowest BCUT2D eigenvalue weighted by atomic mass is 9.82. The van der Waals surface area contributed by atoms with Crippen molar-refractivity contribution in [2.45, 2.75) is 104 Å². The number of carbonyl (C=O) groups is 2. The van der Waals surface area contributed by atoms with E-state index in [-0.39, 0.29) is 23.8 Å². The lowest BCUT2D eigenvalue weighted by Crippen LogP contribution is -2.28. The predicted molar refractivity (Wildman–Crippen MR) is 109 cm³/mol. The van der Waals surface area contributed by atoms with Crippen LogP contribution >= 0.6 is 0 Å². The van der Waals surface area contributed by atoms with Gasteiger partial charge in [-0.2, -0.15) is 0 Å². The molecule has 27 heavy (non-hydrogen) atoms. The number of unbranched alkanes of at least 4 members (excludes halogenated alkanes) is 7. The lowest BCUT2D eigenvalue weighted by Gasteiger charge is -2.26. The van der Waals surface area contributed by atoms with Gasteiger partial charge in [-0.05, 0) is 44.4 Å². The van der Waals surface area contributed by atoms with Gasteiger partial charge in [0.1, 0.15) is 0 Å². The van der Waals surface area contributed by atoms with E-state index in [0.717, 1.165) is 44.9 Å². The molecule has 1 fully saturated rings. The first kappa shape index (κ1) is 24.0. The van der Waals surface area contributed by atoms with Gasteiger partial charge < -0.3 is 9.47 Å². The van der Waals surface area contributed by atoms with Crippen LogP contribution in [0.2, 0.25) is 0 Å². The molecular formula is C23H42O4. The summed E-state index contributed by atoms with van der Waals surface area (Å²) in [7, 11) is 0. The van der Waals surface area contributed by atoms with Gasteiger partial charge in [0.2, 0.25) is 0 Å². The van der Waals surface area contributed by atoms with Gasteiger partial charge in [0.05, 0.1) is 25.0 Å². The Kier molecular flexibility index (Phi) is 13.3. The molecular weight excluding hydrogens is 340 g/mol. The normalized spacial score (nSPS) is 19.9. The molecule has 0 aromatic carbocycles. The van der Waals surface area contributed by atoms with Crippen molar-refractivity contribution in [2.75, 3.05) is 13.2 Å². The maximum Gasteiger partial charge on any atom is 0.308 e. The molecule has 0 radical (unpaired) electrons. The van der Waals surface area contributed by atoms with Gasteiger partial charge in [0.25, 0.3) is 0 Å². The van der Waals surface area contributed by atoms with E-state index in [1.54, 1.807) is 0 Å². The maximum atomic E-state index is 12.2. The van der Waals surface area contributed by atoms with Gasteiger partial charge in [-0.1, -0.05) is 65.7 Å². The van der Waals surface area contributed by atoms with Crippen LogP contribution in [0.25, 0.3) is 0 Å². The number of hydrogen-bond acceptors (Lipinski definition) is 4. The second kappa shape index (κ2) is 14.9. The van der Waals surface area contributed by atoms with E-state index in [1.807, 2.05) is 0 Å². The van der Waals surface area contributed by atoms with E-state index in [9.17, 15) is 9.59 Å². The van der Waals surface area contributed by atoms with Crippen molar-refractivity contribution < 1.29 is 19.1 Å². The molecule has 1 saturated carbocycles. The van der Waals surface area contributed by atoms with Gasteiger partial charge >= 0.3 is 11.9 Å². The van der Waals surface area contributed by atoms with Crippen molar-refractivity contribution >= 4 is 11.9 Å². The molecule has 0 amide bonds. The van der Waals surface area contributed by atoms with Crippen LogP contribution in [0.3, 0.4) is 0 Å². The van der Waals surface area contributed by atoms with E-state index >= 15 is 0 Å². The Bertz CT molecular complexity index is 397. The van der Waals surface area contributed by atoms with Crippen LogP contribution in [-0.4, -0.2) is 25.2 Å². The molecule has 158 valence electrons. The first-order valence-electron chi connectivity index (χ1n) is 11.4. The second-order valence-corrected chi connectivity index (χ2v) is 8.54. The summed E-state index contributed by atoms with van der Waals surface area (Å²) >= 11 is 0. The number of rotatable bonds is 14. The highest BCUT2D eigenvalue weighted by atomic mass is 16.5. The van der Waals surface area contributed by atoms with Crippen molar-refractivity contribution in [3.8, 4) is 0 Å². The third-order valence-corrected chi connectivity index (χ3v) is 5.58. The quantitative estimate of drug-likeness (QED) is 0.270. The Labute approximate surface area is 166 Å². The van der Waals surface area contributed by atoms with Gasteiger partial charge in [-0.25, -0.2) is 0 Å². The van der Waals surface area contributed by atoms with Crippen LogP contribution in [0.4, 0.5) is 0 Å². The summed E-state index contributed by atoms with van der Waals surface area (Å²) in [6.45, 7) is 7.54. The molecule has 1 aliphatic carbocycles. The standard InChI is InChI=1S/C23H42O4/c1-4-5-6-7-8-9-10-11-17-26-22(24)20-12-14-21(15-13-20)23(25)27-18-16-19(2)3/h19-21H,4-18H2,1-3H3. The van der Waals surface area contributed by atoms with Crippen LogP contribution in [0.15, 0.2) is 0 Å². The monoisotopic (exact) mass is 382 g/mol. The molecule has 0 N–H and O–H groups in total. The van der Waals surface area contributed by atoms with E-state index in [0.29, 0.717) is 19.1 Å². The summed E-state index contributed by atoms with van der Waals surface area (Å²) in [4.78, 5) is 24.3. The zero-order valence-electron chi connectivity index (χ0n) is 18.0. The molecule has 4 nitrogen and oxygen atoms in total.